The average Bonchev–Trinajstić information content (AvgIpc) is 2.45. The van der Waals surface area contributed by atoms with E-state index in [0.717, 1.165) is 44.3 Å². The zero-order valence-corrected chi connectivity index (χ0v) is 16.0. The molecular weight excluding hydrogens is 346 g/mol. The molecular formula is C17H32BrNO3. The van der Waals surface area contributed by atoms with Crippen molar-refractivity contribution in [2.45, 2.75) is 77.4 Å². The second kappa shape index (κ2) is 10.5. The summed E-state index contributed by atoms with van der Waals surface area (Å²) in [6, 6.07) is 0. The summed E-state index contributed by atoms with van der Waals surface area (Å²) < 4.78 is 11.3. The fraction of sp³-hybridized carbons (Fsp3) is 0.941. The van der Waals surface area contributed by atoms with Crippen molar-refractivity contribution in [1.82, 2.24) is 4.90 Å². The van der Waals surface area contributed by atoms with Crippen LogP contribution in [0, 0.1) is 0 Å². The molecule has 130 valence electrons. The normalized spacial score (nSPS) is 16.8. The van der Waals surface area contributed by atoms with Gasteiger partial charge in [-0.15, -0.1) is 0 Å². The molecule has 5 heteroatoms. The van der Waals surface area contributed by atoms with Crippen LogP contribution in [0.2, 0.25) is 0 Å². The number of likely N-dealkylation sites (tertiary alicyclic amines) is 1. The van der Waals surface area contributed by atoms with E-state index in [2.05, 4.69) is 15.9 Å². The zero-order valence-electron chi connectivity index (χ0n) is 14.4. The summed E-state index contributed by atoms with van der Waals surface area (Å²) in [5.74, 6) is 0. The number of rotatable bonds is 8. The highest BCUT2D eigenvalue weighted by Gasteiger charge is 2.26. The summed E-state index contributed by atoms with van der Waals surface area (Å²) >= 11 is 3.45. The van der Waals surface area contributed by atoms with Gasteiger partial charge in [0, 0.05) is 25.0 Å². The van der Waals surface area contributed by atoms with E-state index >= 15 is 0 Å². The van der Waals surface area contributed by atoms with Gasteiger partial charge in [-0.2, -0.15) is 0 Å². The molecule has 1 fully saturated rings. The fourth-order valence-corrected chi connectivity index (χ4v) is 2.90. The minimum atomic E-state index is -0.417. The summed E-state index contributed by atoms with van der Waals surface area (Å²) in [6.07, 6.45) is 8.22. The molecule has 1 saturated heterocycles. The smallest absolute Gasteiger partial charge is 0.410 e. The SMILES string of the molecule is CC(C)(C)OC(=O)N1CCC(OCCCCCCCBr)CC1. The summed E-state index contributed by atoms with van der Waals surface area (Å²) in [4.78, 5) is 13.8. The van der Waals surface area contributed by atoms with E-state index in [-0.39, 0.29) is 6.09 Å². The van der Waals surface area contributed by atoms with Crippen LogP contribution >= 0.6 is 15.9 Å². The summed E-state index contributed by atoms with van der Waals surface area (Å²) in [7, 11) is 0. The van der Waals surface area contributed by atoms with Gasteiger partial charge in [0.2, 0.25) is 0 Å². The van der Waals surface area contributed by atoms with E-state index in [9.17, 15) is 4.79 Å². The Bertz CT molecular complexity index is 310. The Morgan fingerprint density at radius 2 is 1.68 bits per heavy atom. The first-order chi connectivity index (χ1) is 10.4. The number of alkyl halides is 1. The summed E-state index contributed by atoms with van der Waals surface area (Å²) in [6.45, 7) is 8.04. The minimum absolute atomic E-state index is 0.197. The Labute approximate surface area is 144 Å². The van der Waals surface area contributed by atoms with Gasteiger partial charge < -0.3 is 14.4 Å². The highest BCUT2D eigenvalue weighted by atomic mass is 79.9. The van der Waals surface area contributed by atoms with Gasteiger partial charge >= 0.3 is 6.09 Å². The standard InChI is InChI=1S/C17H32BrNO3/c1-17(2,3)22-16(20)19-12-9-15(10-13-19)21-14-8-6-4-5-7-11-18/h15H,4-14H2,1-3H3. The van der Waals surface area contributed by atoms with Crippen molar-refractivity contribution in [1.29, 1.82) is 0 Å². The molecule has 0 unspecified atom stereocenters. The summed E-state index contributed by atoms with van der Waals surface area (Å²) in [5, 5.41) is 1.11. The van der Waals surface area contributed by atoms with Gasteiger partial charge in [-0.25, -0.2) is 4.79 Å². The first-order valence-electron chi connectivity index (χ1n) is 8.58. The lowest BCUT2D eigenvalue weighted by molar-refractivity contribution is -0.0121. The van der Waals surface area contributed by atoms with Crippen molar-refractivity contribution in [3.05, 3.63) is 0 Å². The van der Waals surface area contributed by atoms with Gasteiger partial charge in [0.25, 0.3) is 0 Å². The maximum absolute atomic E-state index is 12.0. The number of nitrogens with zero attached hydrogens (tertiary/aromatic N) is 1. The van der Waals surface area contributed by atoms with Gasteiger partial charge in [-0.3, -0.25) is 0 Å². The lowest BCUT2D eigenvalue weighted by atomic mass is 10.1. The highest BCUT2D eigenvalue weighted by Crippen LogP contribution is 2.17. The van der Waals surface area contributed by atoms with Crippen molar-refractivity contribution in [2.24, 2.45) is 0 Å². The van der Waals surface area contributed by atoms with Gasteiger partial charge in [0.1, 0.15) is 5.60 Å². The van der Waals surface area contributed by atoms with E-state index in [1.54, 1.807) is 4.90 Å². The number of amides is 1. The molecule has 0 N–H and O–H groups in total. The van der Waals surface area contributed by atoms with Crippen molar-refractivity contribution in [3.8, 4) is 0 Å². The van der Waals surface area contributed by atoms with Gasteiger partial charge in [0.05, 0.1) is 6.10 Å². The Morgan fingerprint density at radius 1 is 1.09 bits per heavy atom. The zero-order chi connectivity index (χ0) is 16.4. The molecule has 1 heterocycles. The van der Waals surface area contributed by atoms with E-state index in [1.165, 1.54) is 25.7 Å². The summed E-state index contributed by atoms with van der Waals surface area (Å²) in [5.41, 5.74) is -0.417. The lowest BCUT2D eigenvalue weighted by Crippen LogP contribution is -2.43. The Hall–Kier alpha value is -0.290. The van der Waals surface area contributed by atoms with Gasteiger partial charge in [-0.1, -0.05) is 35.2 Å². The van der Waals surface area contributed by atoms with Crippen LogP contribution in [-0.2, 0) is 9.47 Å². The molecule has 0 saturated carbocycles. The third-order valence-corrected chi connectivity index (χ3v) is 4.29. The Kier molecular flexibility index (Phi) is 9.41. The molecule has 1 rings (SSSR count). The molecule has 0 aromatic heterocycles. The number of hydrogen-bond acceptors (Lipinski definition) is 3. The number of ether oxygens (including phenoxy) is 2. The van der Waals surface area contributed by atoms with Crippen molar-refractivity contribution in [3.63, 3.8) is 0 Å². The Balaban J connectivity index is 2.06. The molecule has 0 atom stereocenters. The first-order valence-corrected chi connectivity index (χ1v) is 9.70. The van der Waals surface area contributed by atoms with E-state index < -0.39 is 5.60 Å². The third kappa shape index (κ3) is 8.99. The molecule has 0 aromatic rings. The molecule has 0 spiro atoms. The van der Waals surface area contributed by atoms with E-state index in [0.29, 0.717) is 6.10 Å². The molecule has 1 aliphatic rings. The largest absolute Gasteiger partial charge is 0.444 e. The first kappa shape index (κ1) is 19.8. The molecule has 1 amide bonds. The maximum Gasteiger partial charge on any atom is 0.410 e. The van der Waals surface area contributed by atoms with Crippen LogP contribution in [0.3, 0.4) is 0 Å². The van der Waals surface area contributed by atoms with Crippen LogP contribution in [0.4, 0.5) is 4.79 Å². The molecule has 4 nitrogen and oxygen atoms in total. The van der Waals surface area contributed by atoms with E-state index in [4.69, 9.17) is 9.47 Å². The van der Waals surface area contributed by atoms with Gasteiger partial charge in [0.15, 0.2) is 0 Å². The number of unbranched alkanes of at least 4 members (excludes halogenated alkanes) is 4. The molecule has 1 aliphatic heterocycles. The monoisotopic (exact) mass is 377 g/mol. The minimum Gasteiger partial charge on any atom is -0.444 e. The lowest BCUT2D eigenvalue weighted by Gasteiger charge is -2.33. The second-order valence-electron chi connectivity index (χ2n) is 6.99. The topological polar surface area (TPSA) is 38.8 Å². The van der Waals surface area contributed by atoms with Crippen molar-refractivity contribution in [2.75, 3.05) is 25.0 Å². The fourth-order valence-electron chi connectivity index (χ4n) is 2.51. The predicted molar refractivity (Wildman–Crippen MR) is 93.7 cm³/mol. The Morgan fingerprint density at radius 3 is 2.27 bits per heavy atom. The van der Waals surface area contributed by atoms with Crippen LogP contribution in [0.15, 0.2) is 0 Å². The quantitative estimate of drug-likeness (QED) is 0.452. The van der Waals surface area contributed by atoms with Crippen molar-refractivity contribution >= 4 is 22.0 Å². The van der Waals surface area contributed by atoms with Crippen LogP contribution in [0.5, 0.6) is 0 Å². The molecule has 22 heavy (non-hydrogen) atoms. The third-order valence-electron chi connectivity index (χ3n) is 3.73. The van der Waals surface area contributed by atoms with Crippen LogP contribution in [0.1, 0.15) is 65.7 Å². The van der Waals surface area contributed by atoms with Crippen LogP contribution < -0.4 is 0 Å². The van der Waals surface area contributed by atoms with E-state index in [1.807, 2.05) is 20.8 Å². The maximum atomic E-state index is 12.0. The molecule has 0 radical (unpaired) electrons. The molecule has 0 aromatic carbocycles. The van der Waals surface area contributed by atoms with Crippen LogP contribution in [-0.4, -0.2) is 47.7 Å². The number of hydrogen-bond donors (Lipinski definition) is 0. The number of carbonyl (C=O) groups excluding carboxylic acids is 1. The average molecular weight is 378 g/mol. The predicted octanol–water partition coefficient (Wildman–Crippen LogP) is 4.75. The second-order valence-corrected chi connectivity index (χ2v) is 7.79. The molecule has 0 aliphatic carbocycles. The van der Waals surface area contributed by atoms with Gasteiger partial charge in [-0.05, 0) is 46.5 Å². The highest BCUT2D eigenvalue weighted by molar-refractivity contribution is 9.09. The van der Waals surface area contributed by atoms with Crippen molar-refractivity contribution < 1.29 is 14.3 Å². The molecule has 0 bridgehead atoms. The number of carbonyl (C=O) groups is 1. The number of halogens is 1. The number of piperidine rings is 1. The van der Waals surface area contributed by atoms with Crippen LogP contribution in [0.25, 0.3) is 0 Å².